The third-order valence-corrected chi connectivity index (χ3v) is 2.84. The van der Waals surface area contributed by atoms with Gasteiger partial charge >= 0.3 is 5.97 Å². The first-order valence-corrected chi connectivity index (χ1v) is 5.73. The van der Waals surface area contributed by atoms with Crippen LogP contribution in [-0.2, 0) is 11.3 Å². The van der Waals surface area contributed by atoms with Gasteiger partial charge in [0.2, 0.25) is 0 Å². The Morgan fingerprint density at radius 1 is 1.16 bits per heavy atom. The van der Waals surface area contributed by atoms with E-state index in [2.05, 4.69) is 0 Å². The van der Waals surface area contributed by atoms with Gasteiger partial charge in [0.05, 0.1) is 12.7 Å². The number of esters is 1. The van der Waals surface area contributed by atoms with Gasteiger partial charge in [0, 0.05) is 6.54 Å². The van der Waals surface area contributed by atoms with Gasteiger partial charge in [-0.3, -0.25) is 0 Å². The molecule has 0 atom stereocenters. The number of hydrogen-bond donors (Lipinski definition) is 1. The van der Waals surface area contributed by atoms with Gasteiger partial charge in [-0.05, 0) is 28.8 Å². The van der Waals surface area contributed by atoms with Crippen LogP contribution in [0.1, 0.15) is 15.9 Å². The number of benzene rings is 2. The summed E-state index contributed by atoms with van der Waals surface area (Å²) in [6, 6.07) is 15.3. The highest BCUT2D eigenvalue weighted by atomic mass is 35.5. The van der Waals surface area contributed by atoms with Crippen LogP contribution in [0, 0.1) is 0 Å². The maximum absolute atomic E-state index is 11.5. The molecule has 0 bridgehead atoms. The van der Waals surface area contributed by atoms with Crippen LogP contribution in [0.5, 0.6) is 0 Å². The summed E-state index contributed by atoms with van der Waals surface area (Å²) < 4.78 is 4.73. The maximum atomic E-state index is 11.5. The first kappa shape index (κ1) is 15.2. The van der Waals surface area contributed by atoms with E-state index in [1.165, 1.54) is 7.11 Å². The molecule has 0 aliphatic heterocycles. The van der Waals surface area contributed by atoms with Gasteiger partial charge in [0.15, 0.2) is 0 Å². The minimum atomic E-state index is -0.337. The highest BCUT2D eigenvalue weighted by Gasteiger charge is 2.10. The zero-order valence-corrected chi connectivity index (χ0v) is 11.4. The molecule has 0 saturated heterocycles. The first-order valence-electron chi connectivity index (χ1n) is 5.73. The van der Waals surface area contributed by atoms with Crippen molar-refractivity contribution in [3.05, 3.63) is 59.7 Å². The SMILES string of the molecule is COC(=O)c1ccc(CN)c(-c2ccccc2)c1.Cl. The van der Waals surface area contributed by atoms with Crippen LogP contribution in [-0.4, -0.2) is 13.1 Å². The lowest BCUT2D eigenvalue weighted by Gasteiger charge is -2.10. The highest BCUT2D eigenvalue weighted by molar-refractivity contribution is 5.91. The van der Waals surface area contributed by atoms with Crippen molar-refractivity contribution in [3.63, 3.8) is 0 Å². The van der Waals surface area contributed by atoms with Gasteiger partial charge in [-0.1, -0.05) is 36.4 Å². The number of hydrogen-bond acceptors (Lipinski definition) is 3. The van der Waals surface area contributed by atoms with E-state index in [0.29, 0.717) is 12.1 Å². The molecule has 0 saturated carbocycles. The zero-order chi connectivity index (χ0) is 13.0. The Labute approximate surface area is 118 Å². The van der Waals surface area contributed by atoms with Crippen molar-refractivity contribution in [2.75, 3.05) is 7.11 Å². The number of carbonyl (C=O) groups is 1. The normalized spacial score (nSPS) is 9.58. The largest absolute Gasteiger partial charge is 0.465 e. The van der Waals surface area contributed by atoms with Crippen LogP contribution >= 0.6 is 12.4 Å². The smallest absolute Gasteiger partial charge is 0.337 e. The van der Waals surface area contributed by atoms with Crippen LogP contribution in [0.15, 0.2) is 48.5 Å². The van der Waals surface area contributed by atoms with Crippen molar-refractivity contribution in [2.45, 2.75) is 6.54 Å². The van der Waals surface area contributed by atoms with Crippen LogP contribution < -0.4 is 5.73 Å². The van der Waals surface area contributed by atoms with E-state index in [4.69, 9.17) is 10.5 Å². The van der Waals surface area contributed by atoms with Crippen molar-refractivity contribution in [1.82, 2.24) is 0 Å². The molecule has 2 N–H and O–H groups in total. The van der Waals surface area contributed by atoms with Gasteiger partial charge in [0.25, 0.3) is 0 Å². The lowest BCUT2D eigenvalue weighted by atomic mass is 9.97. The van der Waals surface area contributed by atoms with Crippen LogP contribution in [0.4, 0.5) is 0 Å². The number of nitrogens with two attached hydrogens (primary N) is 1. The highest BCUT2D eigenvalue weighted by Crippen LogP contribution is 2.25. The number of ether oxygens (including phenoxy) is 1. The molecular weight excluding hydrogens is 262 g/mol. The second kappa shape index (κ2) is 6.92. The summed E-state index contributed by atoms with van der Waals surface area (Å²) in [6.07, 6.45) is 0. The number of halogens is 1. The summed E-state index contributed by atoms with van der Waals surface area (Å²) in [6.45, 7) is 0.436. The van der Waals surface area contributed by atoms with E-state index in [9.17, 15) is 4.79 Å². The fourth-order valence-corrected chi connectivity index (χ4v) is 1.89. The van der Waals surface area contributed by atoms with Crippen molar-refractivity contribution in [3.8, 4) is 11.1 Å². The number of carbonyl (C=O) groups excluding carboxylic acids is 1. The van der Waals surface area contributed by atoms with Crippen molar-refractivity contribution in [1.29, 1.82) is 0 Å². The average Bonchev–Trinajstić information content (AvgIpc) is 2.46. The first-order chi connectivity index (χ1) is 8.76. The average molecular weight is 278 g/mol. The van der Waals surface area contributed by atoms with E-state index in [1.807, 2.05) is 42.5 Å². The molecule has 3 nitrogen and oxygen atoms in total. The predicted molar refractivity (Wildman–Crippen MR) is 78.4 cm³/mol. The molecule has 0 fully saturated rings. The summed E-state index contributed by atoms with van der Waals surface area (Å²) in [7, 11) is 1.38. The molecule has 2 rings (SSSR count). The quantitative estimate of drug-likeness (QED) is 0.878. The van der Waals surface area contributed by atoms with Gasteiger partial charge in [-0.2, -0.15) is 0 Å². The molecule has 19 heavy (non-hydrogen) atoms. The van der Waals surface area contributed by atoms with Crippen molar-refractivity contribution >= 4 is 18.4 Å². The molecule has 0 aliphatic carbocycles. The topological polar surface area (TPSA) is 52.3 Å². The van der Waals surface area contributed by atoms with Crippen LogP contribution in [0.3, 0.4) is 0 Å². The Morgan fingerprint density at radius 3 is 2.42 bits per heavy atom. The van der Waals surface area contributed by atoms with Crippen LogP contribution in [0.2, 0.25) is 0 Å². The Kier molecular flexibility index (Phi) is 5.55. The molecule has 0 aromatic heterocycles. The number of rotatable bonds is 3. The van der Waals surface area contributed by atoms with Gasteiger partial charge in [-0.25, -0.2) is 4.79 Å². The molecule has 0 radical (unpaired) electrons. The third kappa shape index (κ3) is 3.34. The van der Waals surface area contributed by atoms with E-state index in [0.717, 1.165) is 16.7 Å². The summed E-state index contributed by atoms with van der Waals surface area (Å²) in [4.78, 5) is 11.5. The van der Waals surface area contributed by atoms with Crippen molar-refractivity contribution < 1.29 is 9.53 Å². The van der Waals surface area contributed by atoms with Crippen molar-refractivity contribution in [2.24, 2.45) is 5.73 Å². The molecule has 100 valence electrons. The molecule has 4 heteroatoms. The standard InChI is InChI=1S/C15H15NO2.ClH/c1-18-15(17)12-7-8-13(10-16)14(9-12)11-5-3-2-4-6-11;/h2-9H,10,16H2,1H3;1H. The zero-order valence-electron chi connectivity index (χ0n) is 10.6. The molecular formula is C15H16ClNO2. The van der Waals surface area contributed by atoms with E-state index >= 15 is 0 Å². The van der Waals surface area contributed by atoms with Gasteiger partial charge in [-0.15, -0.1) is 12.4 Å². The molecule has 0 spiro atoms. The third-order valence-electron chi connectivity index (χ3n) is 2.84. The van der Waals surface area contributed by atoms with E-state index < -0.39 is 0 Å². The Balaban J connectivity index is 0.00000180. The molecule has 0 heterocycles. The van der Waals surface area contributed by atoms with E-state index in [1.54, 1.807) is 6.07 Å². The number of methoxy groups -OCH3 is 1. The monoisotopic (exact) mass is 277 g/mol. The minimum absolute atomic E-state index is 0. The summed E-state index contributed by atoms with van der Waals surface area (Å²) in [5.74, 6) is -0.337. The molecule has 0 amide bonds. The lowest BCUT2D eigenvalue weighted by Crippen LogP contribution is -2.04. The van der Waals surface area contributed by atoms with Gasteiger partial charge < -0.3 is 10.5 Å². The lowest BCUT2D eigenvalue weighted by molar-refractivity contribution is 0.0601. The Hall–Kier alpha value is -1.84. The summed E-state index contributed by atoms with van der Waals surface area (Å²) >= 11 is 0. The second-order valence-corrected chi connectivity index (χ2v) is 3.93. The maximum Gasteiger partial charge on any atom is 0.337 e. The van der Waals surface area contributed by atoms with Crippen LogP contribution in [0.25, 0.3) is 11.1 Å². The Bertz CT molecular complexity index is 555. The summed E-state index contributed by atoms with van der Waals surface area (Å²) in [5, 5.41) is 0. The molecule has 0 unspecified atom stereocenters. The fraction of sp³-hybridized carbons (Fsp3) is 0.133. The van der Waals surface area contributed by atoms with E-state index in [-0.39, 0.29) is 18.4 Å². The summed E-state index contributed by atoms with van der Waals surface area (Å²) in [5.41, 5.74) is 9.29. The van der Waals surface area contributed by atoms with Gasteiger partial charge in [0.1, 0.15) is 0 Å². The minimum Gasteiger partial charge on any atom is -0.465 e. The molecule has 0 aliphatic rings. The second-order valence-electron chi connectivity index (χ2n) is 3.93. The fourth-order valence-electron chi connectivity index (χ4n) is 1.89. The molecule has 2 aromatic rings. The Morgan fingerprint density at radius 2 is 1.84 bits per heavy atom. The molecule has 2 aromatic carbocycles. The predicted octanol–water partition coefficient (Wildman–Crippen LogP) is 3.02.